The van der Waals surface area contributed by atoms with Gasteiger partial charge in [0.05, 0.1) is 10.0 Å². The lowest BCUT2D eigenvalue weighted by molar-refractivity contribution is -0.811. The summed E-state index contributed by atoms with van der Waals surface area (Å²) in [5, 5.41) is 0. The van der Waals surface area contributed by atoms with Crippen LogP contribution in [0.15, 0.2) is 0 Å². The Kier molecular flexibility index (Phi) is 2.58. The molecule has 3 fully saturated rings. The molecular weight excluding hydrogens is 200 g/mol. The van der Waals surface area contributed by atoms with Gasteiger partial charge >= 0.3 is 0 Å². The van der Waals surface area contributed by atoms with Gasteiger partial charge in [-0.1, -0.05) is 0 Å². The predicted octanol–water partition coefficient (Wildman–Crippen LogP) is 1.58. The van der Waals surface area contributed by atoms with Gasteiger partial charge < -0.3 is 0 Å². The normalized spacial score (nSPS) is 42.8. The monoisotopic (exact) mass is 211 g/mol. The van der Waals surface area contributed by atoms with E-state index in [0.717, 1.165) is 0 Å². The highest BCUT2D eigenvalue weighted by atomic mass is 35.7. The van der Waals surface area contributed by atoms with Crippen LogP contribution in [0.1, 0.15) is 0 Å². The summed E-state index contributed by atoms with van der Waals surface area (Å²) in [5.41, 5.74) is 0. The molecule has 0 unspecified atom stereocenters. The molecule has 3 aliphatic rings. The second kappa shape index (κ2) is 3.34. The largest absolute Gasteiger partial charge is 0.287 e. The number of rotatable bonds is 2. The van der Waals surface area contributed by atoms with Crippen LogP contribution >= 0.6 is 31.7 Å². The predicted molar refractivity (Wildman–Crippen MR) is 52.3 cm³/mol. The number of fused-ring (bicyclic) bond motifs is 3. The fraction of sp³-hybridized carbons (Fsp3) is 1.00. The van der Waals surface area contributed by atoms with E-state index in [1.54, 1.807) is 0 Å². The van der Waals surface area contributed by atoms with Crippen LogP contribution in [-0.2, 0) is 0 Å². The van der Waals surface area contributed by atoms with Crippen LogP contribution in [0.5, 0.6) is 0 Å². The minimum absolute atomic E-state index is 1.19. The van der Waals surface area contributed by atoms with Crippen molar-refractivity contribution in [3.05, 3.63) is 0 Å². The standard InChI is InChI=1S/C6H12ClN2S2/c7-10-11-9-4-1-8(2-5-9)3-6-9/h1-6H2/q+1. The zero-order valence-corrected chi connectivity index (χ0v) is 8.72. The third-order valence-corrected chi connectivity index (χ3v) is 5.20. The highest BCUT2D eigenvalue weighted by Crippen LogP contribution is 2.39. The molecule has 0 radical (unpaired) electrons. The average molecular weight is 212 g/mol. The molecule has 2 bridgehead atoms. The lowest BCUT2D eigenvalue weighted by Gasteiger charge is -2.47. The fourth-order valence-corrected chi connectivity index (χ4v) is 4.51. The first-order valence-electron chi connectivity index (χ1n) is 3.90. The summed E-state index contributed by atoms with van der Waals surface area (Å²) in [6, 6.07) is 0. The van der Waals surface area contributed by atoms with Gasteiger partial charge in [0, 0.05) is 19.6 Å². The molecule has 0 aromatic carbocycles. The summed E-state index contributed by atoms with van der Waals surface area (Å²) in [6.07, 6.45) is 0. The summed E-state index contributed by atoms with van der Waals surface area (Å²) < 4.78 is 1.19. The van der Waals surface area contributed by atoms with Crippen LogP contribution in [0.2, 0.25) is 0 Å². The van der Waals surface area contributed by atoms with Gasteiger partial charge in [-0.25, -0.2) is 3.89 Å². The number of quaternary nitrogens is 1. The minimum atomic E-state index is 1.19. The fourth-order valence-electron chi connectivity index (χ4n) is 1.81. The second-order valence-corrected chi connectivity index (χ2v) is 6.22. The van der Waals surface area contributed by atoms with E-state index in [-0.39, 0.29) is 0 Å². The maximum Gasteiger partial charge on any atom is 0.164 e. The number of piperazine rings is 3. The van der Waals surface area contributed by atoms with Crippen LogP contribution in [0.25, 0.3) is 0 Å². The molecule has 0 amide bonds. The Morgan fingerprint density at radius 1 is 1.09 bits per heavy atom. The molecule has 3 heterocycles. The van der Waals surface area contributed by atoms with Gasteiger partial charge in [0.15, 0.2) is 11.0 Å². The van der Waals surface area contributed by atoms with Crippen molar-refractivity contribution in [2.45, 2.75) is 0 Å². The maximum absolute atomic E-state index is 5.67. The highest BCUT2D eigenvalue weighted by molar-refractivity contribution is 8.83. The van der Waals surface area contributed by atoms with Crippen molar-refractivity contribution >= 4 is 31.7 Å². The Balaban J connectivity index is 2.00. The summed E-state index contributed by atoms with van der Waals surface area (Å²) in [4.78, 5) is 2.54. The van der Waals surface area contributed by atoms with Crippen LogP contribution in [0, 0.1) is 0 Å². The quantitative estimate of drug-likeness (QED) is 0.388. The topological polar surface area (TPSA) is 3.24 Å². The van der Waals surface area contributed by atoms with E-state index in [1.165, 1.54) is 53.2 Å². The Morgan fingerprint density at radius 3 is 2.09 bits per heavy atom. The number of halogens is 1. The Bertz CT molecular complexity index is 128. The smallest absolute Gasteiger partial charge is 0.164 e. The molecule has 11 heavy (non-hydrogen) atoms. The number of hydrogen-bond acceptors (Lipinski definition) is 3. The zero-order valence-electron chi connectivity index (χ0n) is 6.33. The molecule has 0 aliphatic carbocycles. The third kappa shape index (κ3) is 1.65. The molecule has 0 spiro atoms. The third-order valence-electron chi connectivity index (χ3n) is 2.66. The van der Waals surface area contributed by atoms with Crippen molar-refractivity contribution in [3.63, 3.8) is 0 Å². The second-order valence-electron chi connectivity index (χ2n) is 3.21. The molecule has 64 valence electrons. The minimum Gasteiger partial charge on any atom is -0.287 e. The molecule has 5 heteroatoms. The molecule has 3 aliphatic heterocycles. The van der Waals surface area contributed by atoms with E-state index in [9.17, 15) is 0 Å². The van der Waals surface area contributed by atoms with Gasteiger partial charge in [0.25, 0.3) is 0 Å². The Hall–Kier alpha value is 0.910. The van der Waals surface area contributed by atoms with Crippen molar-refractivity contribution in [1.29, 1.82) is 0 Å². The first-order valence-corrected chi connectivity index (χ1v) is 6.83. The van der Waals surface area contributed by atoms with Crippen LogP contribution in [-0.4, -0.2) is 48.1 Å². The van der Waals surface area contributed by atoms with Crippen LogP contribution < -0.4 is 0 Å². The summed E-state index contributed by atoms with van der Waals surface area (Å²) in [7, 11) is 8.90. The number of nitrogens with zero attached hydrogens (tertiary/aromatic N) is 2. The van der Waals surface area contributed by atoms with Crippen molar-refractivity contribution in [3.8, 4) is 0 Å². The molecule has 3 rings (SSSR count). The molecule has 0 saturated carbocycles. The molecular formula is C6H12ClN2S2+. The highest BCUT2D eigenvalue weighted by Gasteiger charge is 2.40. The van der Waals surface area contributed by atoms with Gasteiger partial charge in [-0.15, -0.1) is 0 Å². The van der Waals surface area contributed by atoms with Gasteiger partial charge in [0.1, 0.15) is 19.6 Å². The van der Waals surface area contributed by atoms with Gasteiger partial charge in [-0.2, -0.15) is 0 Å². The molecule has 0 aromatic heterocycles. The molecule has 0 atom stereocenters. The maximum atomic E-state index is 5.67. The van der Waals surface area contributed by atoms with Crippen LogP contribution in [0.4, 0.5) is 0 Å². The van der Waals surface area contributed by atoms with Crippen molar-refractivity contribution in [2.24, 2.45) is 0 Å². The summed E-state index contributed by atoms with van der Waals surface area (Å²) >= 11 is 0. The van der Waals surface area contributed by atoms with Crippen LogP contribution in [0.3, 0.4) is 0 Å². The van der Waals surface area contributed by atoms with E-state index >= 15 is 0 Å². The average Bonchev–Trinajstić information content (AvgIpc) is 2.07. The first kappa shape index (κ1) is 8.51. The molecule has 2 nitrogen and oxygen atoms in total. The summed E-state index contributed by atoms with van der Waals surface area (Å²) in [5.74, 6) is 0. The Labute approximate surface area is 79.9 Å². The van der Waals surface area contributed by atoms with Gasteiger partial charge in [0.2, 0.25) is 0 Å². The van der Waals surface area contributed by atoms with E-state index in [4.69, 9.17) is 10.7 Å². The van der Waals surface area contributed by atoms with E-state index in [0.29, 0.717) is 0 Å². The SMILES string of the molecule is ClSS[N+]12CCN(CC1)CC2. The molecule has 0 N–H and O–H groups in total. The lowest BCUT2D eigenvalue weighted by atomic mass is 10.2. The van der Waals surface area contributed by atoms with Crippen molar-refractivity contribution < 1.29 is 3.89 Å². The van der Waals surface area contributed by atoms with E-state index in [2.05, 4.69) is 4.90 Å². The van der Waals surface area contributed by atoms with Crippen molar-refractivity contribution in [2.75, 3.05) is 39.3 Å². The zero-order chi connectivity index (χ0) is 7.73. The summed E-state index contributed by atoms with van der Waals surface area (Å²) in [6.45, 7) is 7.65. The molecule has 0 aromatic rings. The first-order chi connectivity index (χ1) is 5.35. The van der Waals surface area contributed by atoms with Gasteiger partial charge in [-0.05, 0) is 10.7 Å². The van der Waals surface area contributed by atoms with Gasteiger partial charge in [-0.3, -0.25) is 4.90 Å². The Morgan fingerprint density at radius 2 is 1.64 bits per heavy atom. The van der Waals surface area contributed by atoms with E-state index < -0.39 is 0 Å². The van der Waals surface area contributed by atoms with E-state index in [1.807, 2.05) is 11.0 Å². The molecule has 3 saturated heterocycles. The van der Waals surface area contributed by atoms with Crippen molar-refractivity contribution in [1.82, 2.24) is 4.90 Å². The lowest BCUT2D eigenvalue weighted by Crippen LogP contribution is -2.63. The number of hydrogen-bond donors (Lipinski definition) is 0.